The van der Waals surface area contributed by atoms with Gasteiger partial charge in [0, 0.05) is 197 Å². The summed E-state index contributed by atoms with van der Waals surface area (Å²) in [5, 5.41) is 62.2. The Bertz CT molecular complexity index is 4300. The Kier molecular flexibility index (Phi) is 54.0. The van der Waals surface area contributed by atoms with Gasteiger partial charge in [-0.15, -0.1) is 0 Å². The Morgan fingerprint density at radius 2 is 0.832 bits per heavy atom. The maximum Gasteiger partial charge on any atom is 0.317 e. The SMILES string of the molecule is CNC[C@@H](NC(=O)N1CCC[C@@H]([C@@](O)(CCCCOC)c2cccc(F)c2F)C1)[C@@H](O)C1CCCCC1.CNC[C@H](CC1CCCCC1)NC(=O)N1CCC[C@@H]([C@@H](OCCNC(C)=O)c2cccc(Cl)c2F)C1.CNC[C@H](CC1CCCCC1)NC(=O)N1CCC[C@@H]([C@H](OCCNC(C)=O)c2cccc(Cl)c2F)C1.COCCCC[C@@](O)(c1cccc(Cl)c1F)[C@@H]1CCCN(C(=O)NC[C@@H](N)COC(C)(C)C)C1. The molecule has 3 saturated carbocycles. The third-order valence-corrected chi connectivity index (χ3v) is 30.0. The van der Waals surface area contributed by atoms with Crippen LogP contribution < -0.4 is 53.6 Å². The molecule has 4 aromatic carbocycles. The molecule has 11 rings (SSSR count). The van der Waals surface area contributed by atoms with Gasteiger partial charge in [-0.1, -0.05) is 167 Å². The normalized spacial score (nSPS) is 20.8. The van der Waals surface area contributed by atoms with Crippen molar-refractivity contribution in [2.75, 3.05) is 160 Å². The summed E-state index contributed by atoms with van der Waals surface area (Å²) in [6.45, 7) is 17.3. The second-order valence-corrected chi connectivity index (χ2v) is 42.5. The van der Waals surface area contributed by atoms with E-state index in [1.807, 2.05) is 44.7 Å². The molecule has 0 radical (unpaired) electrons. The number of benzene rings is 4. The monoisotopic (exact) mass is 2080 g/mol. The van der Waals surface area contributed by atoms with Gasteiger partial charge in [-0.25, -0.2) is 41.1 Å². The van der Waals surface area contributed by atoms with Crippen LogP contribution in [0.4, 0.5) is 41.1 Å². The fourth-order valence-electron chi connectivity index (χ4n) is 21.7. The molecule has 4 aliphatic heterocycles. The first-order chi connectivity index (χ1) is 68.6. The number of methoxy groups -OCH3 is 2. The first kappa shape index (κ1) is 121. The van der Waals surface area contributed by atoms with Crippen molar-refractivity contribution in [2.24, 2.45) is 47.2 Å². The number of unbranched alkanes of at least 4 members (excludes halogenated alkanes) is 2. The van der Waals surface area contributed by atoms with E-state index in [-0.39, 0.29) is 142 Å². The van der Waals surface area contributed by atoms with Gasteiger partial charge in [0.1, 0.15) is 17.5 Å². The lowest BCUT2D eigenvalue weighted by Gasteiger charge is -2.43. The number of aliphatic hydroxyl groups excluding tert-OH is 1. The van der Waals surface area contributed by atoms with Crippen molar-refractivity contribution in [2.45, 2.75) is 293 Å². The lowest BCUT2D eigenvalue weighted by atomic mass is 9.74. The number of nitrogens with one attached hydrogen (secondary N) is 9. The number of piperidine rings is 4. The molecule has 143 heavy (non-hydrogen) atoms. The van der Waals surface area contributed by atoms with E-state index in [9.17, 15) is 61.6 Å². The second kappa shape index (κ2) is 63.7. The van der Waals surface area contributed by atoms with Crippen LogP contribution >= 0.6 is 34.8 Å². The summed E-state index contributed by atoms with van der Waals surface area (Å²) in [5.74, 6) is -3.39. The molecule has 4 aromatic rings. The molecule has 0 spiro atoms. The van der Waals surface area contributed by atoms with Crippen molar-refractivity contribution >= 4 is 70.7 Å². The molecule has 7 fully saturated rings. The van der Waals surface area contributed by atoms with E-state index >= 15 is 4.39 Å². The predicted octanol–water partition coefficient (Wildman–Crippen LogP) is 17.3. The summed E-state index contributed by atoms with van der Waals surface area (Å²) in [6, 6.07) is 17.2. The van der Waals surface area contributed by atoms with Gasteiger partial charge in [-0.3, -0.25) is 9.59 Å². The van der Waals surface area contributed by atoms with Crippen LogP contribution in [0.1, 0.15) is 268 Å². The van der Waals surface area contributed by atoms with Crippen LogP contribution in [0.5, 0.6) is 0 Å². The smallest absolute Gasteiger partial charge is 0.317 e. The number of likely N-dealkylation sites (tertiary alicyclic amines) is 4. The highest BCUT2D eigenvalue weighted by atomic mass is 35.5. The topological polar surface area (TPSA) is 357 Å². The molecule has 0 unspecified atom stereocenters. The number of carbonyl (C=O) groups is 6. The minimum atomic E-state index is -1.62. The molecule has 36 heteroatoms. The number of ether oxygens (including phenoxy) is 5. The molecule has 0 bridgehead atoms. The van der Waals surface area contributed by atoms with Gasteiger partial charge >= 0.3 is 24.1 Å². The summed E-state index contributed by atoms with van der Waals surface area (Å²) < 4.78 is 102. The summed E-state index contributed by atoms with van der Waals surface area (Å²) in [4.78, 5) is 82.2. The highest BCUT2D eigenvalue weighted by Gasteiger charge is 2.47. The number of nitrogens with two attached hydrogens (primary N) is 1. The number of likely N-dealkylation sites (N-methyl/N-ethyl adjacent to an activating group) is 3. The number of rotatable bonds is 45. The van der Waals surface area contributed by atoms with Gasteiger partial charge in [0.15, 0.2) is 11.6 Å². The number of amides is 10. The molecule has 14 N–H and O–H groups in total. The maximum absolute atomic E-state index is 15.0. The van der Waals surface area contributed by atoms with E-state index < -0.39 is 70.6 Å². The molecule has 808 valence electrons. The Balaban J connectivity index is 0.000000233. The molecule has 7 aliphatic rings. The predicted molar refractivity (Wildman–Crippen MR) is 553 cm³/mol. The number of hydrogen-bond donors (Lipinski definition) is 13. The zero-order valence-electron chi connectivity index (χ0n) is 86.6. The van der Waals surface area contributed by atoms with Crippen LogP contribution in [0.25, 0.3) is 0 Å². The maximum atomic E-state index is 15.0. The Labute approximate surface area is 862 Å². The van der Waals surface area contributed by atoms with Crippen molar-refractivity contribution in [3.8, 4) is 0 Å². The molecule has 4 saturated heterocycles. The fraction of sp³-hybridized carbons (Fsp3) is 0.720. The summed E-state index contributed by atoms with van der Waals surface area (Å²) in [7, 11) is 8.85. The number of nitrogens with zero attached hydrogens (tertiary/aromatic N) is 4. The molecule has 4 heterocycles. The van der Waals surface area contributed by atoms with Gasteiger partial charge in [-0.05, 0) is 200 Å². The van der Waals surface area contributed by atoms with Gasteiger partial charge < -0.3 is 112 Å². The Morgan fingerprint density at radius 1 is 0.448 bits per heavy atom. The first-order valence-corrected chi connectivity index (χ1v) is 53.8. The highest BCUT2D eigenvalue weighted by molar-refractivity contribution is 6.31. The third-order valence-electron chi connectivity index (χ3n) is 29.2. The molecular formula is C107H170Cl3F5N14O14. The number of halogens is 8. The summed E-state index contributed by atoms with van der Waals surface area (Å²) >= 11 is 18.2. The van der Waals surface area contributed by atoms with Crippen LogP contribution in [-0.4, -0.2) is 267 Å². The quantitative estimate of drug-likeness (QED) is 0.0144. The standard InChI is InChI=1S/C28H45F2N3O4.2C27H42ClFN4O3.C25H41ClFN3O4/c1-31-18-24(26(34)20-10-4-3-5-11-20)32-27(35)33-16-9-12-21(19-33)28(36,15-6-7-17-37-2)22-13-8-14-23(29)25(22)30;2*1-19(34)31-13-15-36-26(23-11-6-12-24(28)25(23)29)21-10-7-14-33(18-21)27(35)32-22(17-30-2)16-20-8-4-3-5-9-20;1-24(2,3)34-17-19(28)15-29-23(31)30-13-8-9-18(16-30)25(32,12-5-6-14-33-4)20-10-7-11-21(26)22(20)27/h8,13-14,20-21,24,26,31,34,36H,3-7,9-12,15-19H2,1-2H3,(H,32,35);2*6,11-12,20-22,26,30H,3-5,7-10,13-18H2,1-2H3,(H,31,34)(H,32,35);7,10-11,18-19,32H,5-6,8-9,12-17,28H2,1-4H3,(H,29,31)/t21-,24-,26+,28+;21-,22+,26+;21-,22+,26-;18-,19-,25+/m1111/s1. The minimum absolute atomic E-state index is 0.0234. The lowest BCUT2D eigenvalue weighted by Crippen LogP contribution is -2.57. The molecule has 0 aromatic heterocycles. The summed E-state index contributed by atoms with van der Waals surface area (Å²) in [5.41, 5.74) is 3.62. The van der Waals surface area contributed by atoms with Gasteiger partial charge in [0.2, 0.25) is 11.8 Å². The molecule has 13 atom stereocenters. The van der Waals surface area contributed by atoms with Gasteiger partial charge in [0.25, 0.3) is 0 Å². The van der Waals surface area contributed by atoms with Crippen molar-refractivity contribution in [1.82, 2.24) is 67.5 Å². The minimum Gasteiger partial charge on any atom is -0.391 e. The van der Waals surface area contributed by atoms with Crippen LogP contribution in [0.3, 0.4) is 0 Å². The number of hydrogen-bond acceptors (Lipinski definition) is 18. The van der Waals surface area contributed by atoms with Crippen LogP contribution in [0.2, 0.25) is 15.1 Å². The van der Waals surface area contributed by atoms with E-state index in [2.05, 4.69) is 47.9 Å². The molecule has 10 amide bonds. The van der Waals surface area contributed by atoms with Crippen molar-refractivity contribution < 1.29 is 89.7 Å². The van der Waals surface area contributed by atoms with Crippen LogP contribution in [-0.2, 0) is 44.5 Å². The lowest BCUT2D eigenvalue weighted by molar-refractivity contribution is -0.120. The van der Waals surface area contributed by atoms with Crippen LogP contribution in [0.15, 0.2) is 72.8 Å². The van der Waals surface area contributed by atoms with Crippen molar-refractivity contribution in [3.63, 3.8) is 0 Å². The van der Waals surface area contributed by atoms with Crippen molar-refractivity contribution in [3.05, 3.63) is 139 Å². The van der Waals surface area contributed by atoms with Crippen molar-refractivity contribution in [1.29, 1.82) is 0 Å². The zero-order chi connectivity index (χ0) is 104. The van der Waals surface area contributed by atoms with Gasteiger partial charge in [0.05, 0.1) is 76.0 Å². The fourth-order valence-corrected chi connectivity index (χ4v) is 22.2. The third kappa shape index (κ3) is 39.7. The number of aliphatic hydroxyl groups is 3. The van der Waals surface area contributed by atoms with E-state index in [4.69, 9.17) is 64.2 Å². The second-order valence-electron chi connectivity index (χ2n) is 41.3. The zero-order valence-corrected chi connectivity index (χ0v) is 88.9. The number of urea groups is 4. The van der Waals surface area contributed by atoms with E-state index in [0.717, 1.165) is 89.8 Å². The van der Waals surface area contributed by atoms with E-state index in [1.165, 1.54) is 115 Å². The van der Waals surface area contributed by atoms with Gasteiger partial charge in [-0.2, -0.15) is 0 Å². The Morgan fingerprint density at radius 3 is 1.26 bits per heavy atom. The Hall–Kier alpha value is -7.06. The molecular weight excluding hydrogens is 1910 g/mol. The van der Waals surface area contributed by atoms with Crippen LogP contribution in [0, 0.1) is 70.5 Å². The van der Waals surface area contributed by atoms with E-state index in [1.54, 1.807) is 67.5 Å². The van der Waals surface area contributed by atoms with E-state index in [0.29, 0.717) is 160 Å². The molecule has 28 nitrogen and oxygen atoms in total. The highest BCUT2D eigenvalue weighted by Crippen LogP contribution is 2.46. The largest absolute Gasteiger partial charge is 0.391 e. The average Bonchev–Trinajstić information content (AvgIpc) is 0.773. The number of carbonyl (C=O) groups excluding carboxylic acids is 6. The summed E-state index contributed by atoms with van der Waals surface area (Å²) in [6.07, 6.45) is 27.3. The average molecular weight is 2080 g/mol. The first-order valence-electron chi connectivity index (χ1n) is 52.7. The molecule has 3 aliphatic carbocycles.